The molecule has 1 saturated carbocycles. The number of aliphatic hydroxyl groups excluding tert-OH is 1. The molecular weight excluding hydrogens is 701 g/mol. The Morgan fingerprint density at radius 3 is 2.49 bits per heavy atom. The number of nitrogens with two attached hydrogens (primary N) is 1. The molecule has 53 heavy (non-hydrogen) atoms. The second kappa shape index (κ2) is 22.9. The Morgan fingerprint density at radius 1 is 1.04 bits per heavy atom. The molecule has 2 aromatic rings. The number of benzene rings is 1. The molecule has 0 spiro atoms. The second-order valence-corrected chi connectivity index (χ2v) is 14.9. The number of hydrogen-bond donors (Lipinski definition) is 6. The van der Waals surface area contributed by atoms with Crippen molar-refractivity contribution in [2.24, 2.45) is 5.92 Å². The first kappa shape index (κ1) is 43.4. The van der Waals surface area contributed by atoms with Crippen LogP contribution in [0.5, 0.6) is 5.88 Å². The molecule has 1 aromatic carbocycles. The van der Waals surface area contributed by atoms with Crippen molar-refractivity contribution >= 4 is 52.4 Å². The van der Waals surface area contributed by atoms with E-state index in [0.29, 0.717) is 59.9 Å². The molecule has 4 amide bonds. The van der Waals surface area contributed by atoms with Gasteiger partial charge in [-0.25, -0.2) is 4.79 Å². The number of nitrogen functional groups attached to an aromatic ring is 1. The highest BCUT2D eigenvalue weighted by Gasteiger charge is 2.37. The average Bonchev–Trinajstić information content (AvgIpc) is 3.86. The number of nitrogens with zero attached hydrogens (tertiary/aromatic N) is 1. The first-order valence-electron chi connectivity index (χ1n) is 19.0. The van der Waals surface area contributed by atoms with Crippen LogP contribution < -0.4 is 31.3 Å². The van der Waals surface area contributed by atoms with Gasteiger partial charge in [0.05, 0.1) is 19.2 Å². The number of methoxy groups -OCH3 is 1. The molecule has 0 radical (unpaired) electrons. The molecule has 1 saturated heterocycles. The predicted octanol–water partition coefficient (Wildman–Crippen LogP) is 4.57. The number of aryl methyl sites for hydroxylation is 1. The number of unbranched alkanes of at least 4 members (excludes halogenated alkanes) is 6. The topological polar surface area (TPSA) is 205 Å². The van der Waals surface area contributed by atoms with Crippen molar-refractivity contribution in [3.8, 4) is 5.88 Å². The van der Waals surface area contributed by atoms with Crippen molar-refractivity contribution in [1.82, 2.24) is 25.2 Å². The molecule has 1 aliphatic heterocycles. The monoisotopic (exact) mass is 760 g/mol. The number of fused-ring (bicyclic) bond motifs is 1. The Labute approximate surface area is 317 Å². The number of carbonyl (C=O) groups is 4. The van der Waals surface area contributed by atoms with Gasteiger partial charge in [0.2, 0.25) is 11.8 Å². The Bertz CT molecular complexity index is 1550. The number of anilines is 1. The van der Waals surface area contributed by atoms with Crippen LogP contribution in [-0.2, 0) is 25.5 Å². The Hall–Kier alpha value is -3.98. The normalized spacial score (nSPS) is 16.2. The number of nitrogens with one attached hydrogen (secondary N) is 4. The summed E-state index contributed by atoms with van der Waals surface area (Å²) in [6.45, 7) is 4.47. The smallest absolute Gasteiger partial charge is 0.407 e. The van der Waals surface area contributed by atoms with E-state index in [1.807, 2.05) is 6.92 Å². The maximum atomic E-state index is 13.5. The Kier molecular flexibility index (Phi) is 18.8. The molecule has 2 heterocycles. The molecule has 15 heteroatoms. The molecule has 3 atom stereocenters. The molecule has 2 unspecified atom stereocenters. The van der Waals surface area contributed by atoms with Gasteiger partial charge >= 0.3 is 6.09 Å². The van der Waals surface area contributed by atoms with Crippen LogP contribution in [0.25, 0.3) is 10.9 Å². The van der Waals surface area contributed by atoms with Gasteiger partial charge in [-0.2, -0.15) is 0 Å². The third-order valence-electron chi connectivity index (χ3n) is 9.63. The lowest BCUT2D eigenvalue weighted by Gasteiger charge is -2.29. The molecule has 4 rings (SSSR count). The number of rotatable bonds is 21. The van der Waals surface area contributed by atoms with Crippen molar-refractivity contribution in [1.29, 1.82) is 0 Å². The van der Waals surface area contributed by atoms with Gasteiger partial charge in [-0.15, -0.1) is 0 Å². The highest BCUT2D eigenvalue weighted by Crippen LogP contribution is 2.32. The maximum absolute atomic E-state index is 13.5. The minimum Gasteiger partial charge on any atom is -0.482 e. The Morgan fingerprint density at radius 2 is 1.77 bits per heavy atom. The number of aromatic nitrogens is 1. The summed E-state index contributed by atoms with van der Waals surface area (Å²) in [5.41, 5.74) is 8.15. The SMILES string of the molecule is CCCCCCC[C@H](C)C(NC(=O)C1CCCN1C(=O)CNC(=O)OCCCCCc1cc2c(=O)cc(OC)[nH]c2cc1N)C(=O)NSC1CC1.CO. The van der Waals surface area contributed by atoms with Crippen LogP contribution in [0.15, 0.2) is 23.0 Å². The van der Waals surface area contributed by atoms with Gasteiger partial charge in [-0.3, -0.25) is 23.9 Å². The van der Waals surface area contributed by atoms with Crippen LogP contribution in [0.3, 0.4) is 0 Å². The number of H-pyrrole nitrogens is 1. The third kappa shape index (κ3) is 14.1. The lowest BCUT2D eigenvalue weighted by Crippen LogP contribution is -2.55. The summed E-state index contributed by atoms with van der Waals surface area (Å²) in [6.07, 6.45) is 11.9. The maximum Gasteiger partial charge on any atom is 0.407 e. The minimum absolute atomic E-state index is 0.0509. The van der Waals surface area contributed by atoms with Crippen LogP contribution in [-0.4, -0.2) is 90.1 Å². The van der Waals surface area contributed by atoms with E-state index in [9.17, 15) is 24.0 Å². The number of aromatic amines is 1. The van der Waals surface area contributed by atoms with E-state index in [4.69, 9.17) is 20.3 Å². The number of amides is 4. The van der Waals surface area contributed by atoms with E-state index in [0.717, 1.165) is 70.5 Å². The van der Waals surface area contributed by atoms with Gasteiger partial charge in [0, 0.05) is 36.0 Å². The first-order valence-corrected chi connectivity index (χ1v) is 19.9. The second-order valence-electron chi connectivity index (χ2n) is 13.8. The van der Waals surface area contributed by atoms with Gasteiger partial charge in [0.25, 0.3) is 5.91 Å². The summed E-state index contributed by atoms with van der Waals surface area (Å²) in [4.78, 5) is 69.1. The zero-order chi connectivity index (χ0) is 38.8. The minimum atomic E-state index is -0.699. The molecule has 1 aliphatic carbocycles. The van der Waals surface area contributed by atoms with Crippen LogP contribution in [0.4, 0.5) is 10.5 Å². The van der Waals surface area contributed by atoms with Crippen LogP contribution in [0.1, 0.15) is 103 Å². The number of pyridine rings is 1. The van der Waals surface area contributed by atoms with E-state index in [-0.39, 0.29) is 42.2 Å². The van der Waals surface area contributed by atoms with Crippen LogP contribution in [0.2, 0.25) is 0 Å². The van der Waals surface area contributed by atoms with Crippen molar-refractivity contribution in [3.05, 3.63) is 34.0 Å². The molecule has 296 valence electrons. The number of aliphatic hydroxyl groups is 1. The molecule has 2 aliphatic rings. The van der Waals surface area contributed by atoms with E-state index in [1.54, 1.807) is 12.1 Å². The van der Waals surface area contributed by atoms with E-state index < -0.39 is 18.2 Å². The van der Waals surface area contributed by atoms with Crippen molar-refractivity contribution in [2.45, 2.75) is 121 Å². The van der Waals surface area contributed by atoms with Crippen molar-refractivity contribution in [2.75, 3.05) is 39.6 Å². The zero-order valence-electron chi connectivity index (χ0n) is 31.8. The number of likely N-dealkylation sites (tertiary alicyclic amines) is 1. The van der Waals surface area contributed by atoms with Crippen molar-refractivity contribution in [3.63, 3.8) is 0 Å². The standard InChI is InChI=1S/C37H56N6O7S.CH4O/c1-4-5-6-7-9-13-24(2)34(36(47)42-51-26-16-17-26)41-35(46)30-15-12-18-43(30)33(45)23-39-37(48)50-19-11-8-10-14-25-20-27-29(21-28(25)38)40-32(49-3)22-31(27)44;1-2/h20-22,24,26,30,34H,4-19,23,38H2,1-3H3,(H,39,48)(H,40,44)(H,41,46)(H,42,47);2H,1H3/t24-,30?,34?;/m0./s1. The van der Waals surface area contributed by atoms with Crippen molar-refractivity contribution < 1.29 is 33.8 Å². The van der Waals surface area contributed by atoms with E-state index >= 15 is 0 Å². The summed E-state index contributed by atoms with van der Waals surface area (Å²) in [6, 6.07) is 3.57. The predicted molar refractivity (Wildman–Crippen MR) is 209 cm³/mol. The fraction of sp³-hybridized carbons (Fsp3) is 0.658. The quantitative estimate of drug-likeness (QED) is 0.0594. The summed E-state index contributed by atoms with van der Waals surface area (Å²) in [7, 11) is 2.49. The van der Waals surface area contributed by atoms with Gasteiger partial charge in [0.15, 0.2) is 11.3 Å². The van der Waals surface area contributed by atoms with Crippen LogP contribution in [0, 0.1) is 5.92 Å². The molecule has 2 fully saturated rings. The summed E-state index contributed by atoms with van der Waals surface area (Å²) in [5, 5.41) is 13.5. The highest BCUT2D eigenvalue weighted by molar-refractivity contribution is 7.98. The highest BCUT2D eigenvalue weighted by atomic mass is 32.2. The molecule has 1 aromatic heterocycles. The van der Waals surface area contributed by atoms with Gasteiger partial charge < -0.3 is 40.8 Å². The summed E-state index contributed by atoms with van der Waals surface area (Å²) < 4.78 is 13.4. The van der Waals surface area contributed by atoms with Gasteiger partial charge in [-0.1, -0.05) is 46.0 Å². The zero-order valence-corrected chi connectivity index (χ0v) is 32.6. The molecule has 7 N–H and O–H groups in total. The average molecular weight is 761 g/mol. The lowest BCUT2D eigenvalue weighted by atomic mass is 9.94. The van der Waals surface area contributed by atoms with Gasteiger partial charge in [-0.05, 0) is 93.3 Å². The lowest BCUT2D eigenvalue weighted by molar-refractivity contribution is -0.139. The first-order chi connectivity index (χ1) is 25.6. The van der Waals surface area contributed by atoms with E-state index in [2.05, 4.69) is 27.3 Å². The van der Waals surface area contributed by atoms with Crippen LogP contribution >= 0.6 is 11.9 Å². The summed E-state index contributed by atoms with van der Waals surface area (Å²) >= 11 is 1.43. The Balaban J connectivity index is 0.00000372. The molecule has 14 nitrogen and oxygen atoms in total. The summed E-state index contributed by atoms with van der Waals surface area (Å²) in [5.74, 6) is -0.583. The van der Waals surface area contributed by atoms with E-state index in [1.165, 1.54) is 36.4 Å². The van der Waals surface area contributed by atoms with Gasteiger partial charge in [0.1, 0.15) is 18.6 Å². The molecule has 0 bridgehead atoms. The fourth-order valence-corrected chi connectivity index (χ4v) is 7.18. The number of ether oxygens (including phenoxy) is 2. The largest absolute Gasteiger partial charge is 0.482 e. The fourth-order valence-electron chi connectivity index (χ4n) is 6.40. The molecular formula is C38H60N6O8S. The number of carbonyl (C=O) groups excluding carboxylic acids is 4. The number of alkyl carbamates (subject to hydrolysis) is 1. The number of hydrogen-bond acceptors (Lipinski definition) is 10. The third-order valence-corrected chi connectivity index (χ3v) is 10.8.